The van der Waals surface area contributed by atoms with Gasteiger partial charge in [-0.15, -0.1) is 0 Å². The average Bonchev–Trinajstić information content (AvgIpc) is 2.64. The molecule has 1 aromatic rings. The quantitative estimate of drug-likeness (QED) is 0.704. The molecule has 0 unspecified atom stereocenters. The zero-order chi connectivity index (χ0) is 10.4. The number of furan rings is 1. The molecule has 1 rings (SSSR count). The second kappa shape index (κ2) is 5.83. The van der Waals surface area contributed by atoms with E-state index in [2.05, 4.69) is 31.2 Å². The van der Waals surface area contributed by atoms with E-state index < -0.39 is 0 Å². The fourth-order valence-corrected chi connectivity index (χ4v) is 1.35. The Kier molecular flexibility index (Phi) is 4.70. The Hall–Kier alpha value is -0.800. The molecular weight excluding hydrogens is 176 g/mol. The summed E-state index contributed by atoms with van der Waals surface area (Å²) in [6.07, 6.45) is 2.88. The Balaban J connectivity index is 2.13. The molecular formula is C11H20N2O. The lowest BCUT2D eigenvalue weighted by atomic mass is 10.2. The van der Waals surface area contributed by atoms with Crippen LogP contribution in [0.5, 0.6) is 0 Å². The normalized spacial score (nSPS) is 13.4. The van der Waals surface area contributed by atoms with Crippen LogP contribution in [-0.2, 0) is 0 Å². The van der Waals surface area contributed by atoms with Gasteiger partial charge in [-0.1, -0.05) is 0 Å². The summed E-state index contributed by atoms with van der Waals surface area (Å²) >= 11 is 0. The standard InChI is InChI=1S/C11H20N2O/c1-10(11-6-4-9-14-11)12-7-5-8-13(2)3/h4,6,9-10,12H,5,7-8H2,1-3H3/t10-/m1/s1. The van der Waals surface area contributed by atoms with E-state index in [0.29, 0.717) is 6.04 Å². The lowest BCUT2D eigenvalue weighted by Crippen LogP contribution is -2.23. The number of nitrogens with zero attached hydrogens (tertiary/aromatic N) is 1. The molecule has 0 aliphatic heterocycles. The Morgan fingerprint density at radius 1 is 1.50 bits per heavy atom. The van der Waals surface area contributed by atoms with Gasteiger partial charge >= 0.3 is 0 Å². The van der Waals surface area contributed by atoms with E-state index in [4.69, 9.17) is 4.42 Å². The Morgan fingerprint density at radius 2 is 2.29 bits per heavy atom. The van der Waals surface area contributed by atoms with Crippen molar-refractivity contribution in [1.82, 2.24) is 10.2 Å². The van der Waals surface area contributed by atoms with Crippen LogP contribution in [0.15, 0.2) is 22.8 Å². The van der Waals surface area contributed by atoms with E-state index in [-0.39, 0.29) is 0 Å². The van der Waals surface area contributed by atoms with Crippen LogP contribution in [0.2, 0.25) is 0 Å². The second-order valence-corrected chi connectivity index (χ2v) is 3.85. The van der Waals surface area contributed by atoms with Crippen molar-refractivity contribution in [2.75, 3.05) is 27.2 Å². The van der Waals surface area contributed by atoms with Crippen LogP contribution in [0.25, 0.3) is 0 Å². The van der Waals surface area contributed by atoms with Crippen molar-refractivity contribution in [1.29, 1.82) is 0 Å². The lowest BCUT2D eigenvalue weighted by molar-refractivity contribution is 0.377. The van der Waals surface area contributed by atoms with Gasteiger partial charge in [-0.25, -0.2) is 0 Å². The molecule has 0 saturated heterocycles. The van der Waals surface area contributed by atoms with Crippen molar-refractivity contribution in [3.8, 4) is 0 Å². The van der Waals surface area contributed by atoms with Crippen molar-refractivity contribution in [2.24, 2.45) is 0 Å². The fourth-order valence-electron chi connectivity index (χ4n) is 1.35. The van der Waals surface area contributed by atoms with E-state index in [1.807, 2.05) is 12.1 Å². The zero-order valence-electron chi connectivity index (χ0n) is 9.29. The summed E-state index contributed by atoms with van der Waals surface area (Å²) < 4.78 is 5.30. The summed E-state index contributed by atoms with van der Waals surface area (Å²) in [5, 5.41) is 3.42. The number of rotatable bonds is 6. The maximum absolute atomic E-state index is 5.30. The molecule has 14 heavy (non-hydrogen) atoms. The minimum atomic E-state index is 0.312. The molecule has 0 aliphatic rings. The summed E-state index contributed by atoms with van der Waals surface area (Å²) in [4.78, 5) is 2.19. The number of hydrogen-bond acceptors (Lipinski definition) is 3. The van der Waals surface area contributed by atoms with Gasteiger partial charge in [0.15, 0.2) is 0 Å². The van der Waals surface area contributed by atoms with Crippen LogP contribution in [0.3, 0.4) is 0 Å². The van der Waals surface area contributed by atoms with Gasteiger partial charge in [-0.3, -0.25) is 0 Å². The first-order chi connectivity index (χ1) is 6.70. The molecule has 1 atom stereocenters. The van der Waals surface area contributed by atoms with Crippen molar-refractivity contribution in [2.45, 2.75) is 19.4 Å². The van der Waals surface area contributed by atoms with Crippen molar-refractivity contribution < 1.29 is 4.42 Å². The third-order valence-electron chi connectivity index (χ3n) is 2.20. The van der Waals surface area contributed by atoms with E-state index in [0.717, 1.165) is 25.3 Å². The van der Waals surface area contributed by atoms with Crippen LogP contribution in [0.1, 0.15) is 25.1 Å². The van der Waals surface area contributed by atoms with Gasteiger partial charge in [0.2, 0.25) is 0 Å². The predicted octanol–water partition coefficient (Wildman–Crippen LogP) is 1.88. The predicted molar refractivity (Wildman–Crippen MR) is 58.3 cm³/mol. The molecule has 0 fully saturated rings. The molecule has 0 aromatic carbocycles. The van der Waals surface area contributed by atoms with Gasteiger partial charge in [-0.05, 0) is 52.7 Å². The maximum Gasteiger partial charge on any atom is 0.120 e. The van der Waals surface area contributed by atoms with Crippen LogP contribution >= 0.6 is 0 Å². The molecule has 0 bridgehead atoms. The van der Waals surface area contributed by atoms with E-state index in [9.17, 15) is 0 Å². The molecule has 0 amide bonds. The molecule has 3 heteroatoms. The van der Waals surface area contributed by atoms with E-state index >= 15 is 0 Å². The molecule has 1 N–H and O–H groups in total. The zero-order valence-corrected chi connectivity index (χ0v) is 9.29. The highest BCUT2D eigenvalue weighted by Gasteiger charge is 2.05. The molecule has 80 valence electrons. The fraction of sp³-hybridized carbons (Fsp3) is 0.636. The highest BCUT2D eigenvalue weighted by molar-refractivity contribution is 5.02. The van der Waals surface area contributed by atoms with Gasteiger partial charge in [0, 0.05) is 0 Å². The minimum absolute atomic E-state index is 0.312. The summed E-state index contributed by atoms with van der Waals surface area (Å²) in [7, 11) is 4.19. The lowest BCUT2D eigenvalue weighted by Gasteiger charge is -2.13. The van der Waals surface area contributed by atoms with Crippen LogP contribution < -0.4 is 5.32 Å². The summed E-state index contributed by atoms with van der Waals surface area (Å²) in [6, 6.07) is 4.24. The largest absolute Gasteiger partial charge is 0.468 e. The van der Waals surface area contributed by atoms with Gasteiger partial charge in [0.1, 0.15) is 5.76 Å². The van der Waals surface area contributed by atoms with Crippen LogP contribution in [0, 0.1) is 0 Å². The number of nitrogens with one attached hydrogen (secondary N) is 1. The van der Waals surface area contributed by atoms with E-state index in [1.54, 1.807) is 6.26 Å². The highest BCUT2D eigenvalue weighted by atomic mass is 16.3. The van der Waals surface area contributed by atoms with Crippen LogP contribution in [0.4, 0.5) is 0 Å². The molecule has 0 radical (unpaired) electrons. The van der Waals surface area contributed by atoms with Crippen LogP contribution in [-0.4, -0.2) is 32.1 Å². The first kappa shape index (κ1) is 11.3. The highest BCUT2D eigenvalue weighted by Crippen LogP contribution is 2.11. The molecule has 0 saturated carbocycles. The maximum atomic E-state index is 5.30. The monoisotopic (exact) mass is 196 g/mol. The molecule has 3 nitrogen and oxygen atoms in total. The second-order valence-electron chi connectivity index (χ2n) is 3.85. The Labute approximate surface area is 86.1 Å². The van der Waals surface area contributed by atoms with E-state index in [1.165, 1.54) is 0 Å². The summed E-state index contributed by atoms with van der Waals surface area (Å²) in [5.41, 5.74) is 0. The topological polar surface area (TPSA) is 28.4 Å². The smallest absolute Gasteiger partial charge is 0.120 e. The SMILES string of the molecule is C[C@@H](NCCCN(C)C)c1ccco1. The Bertz CT molecular complexity index is 231. The van der Waals surface area contributed by atoms with Gasteiger partial charge < -0.3 is 14.6 Å². The molecule has 0 spiro atoms. The van der Waals surface area contributed by atoms with Crippen molar-refractivity contribution >= 4 is 0 Å². The first-order valence-corrected chi connectivity index (χ1v) is 5.11. The molecule has 1 heterocycles. The third-order valence-corrected chi connectivity index (χ3v) is 2.20. The minimum Gasteiger partial charge on any atom is -0.468 e. The van der Waals surface area contributed by atoms with Crippen molar-refractivity contribution in [3.63, 3.8) is 0 Å². The summed E-state index contributed by atoms with van der Waals surface area (Å²) in [5.74, 6) is 1.01. The Morgan fingerprint density at radius 3 is 2.86 bits per heavy atom. The molecule has 1 aromatic heterocycles. The first-order valence-electron chi connectivity index (χ1n) is 5.11. The van der Waals surface area contributed by atoms with Gasteiger partial charge in [-0.2, -0.15) is 0 Å². The number of hydrogen-bond donors (Lipinski definition) is 1. The van der Waals surface area contributed by atoms with Gasteiger partial charge in [0.05, 0.1) is 12.3 Å². The molecule has 0 aliphatic carbocycles. The van der Waals surface area contributed by atoms with Crippen molar-refractivity contribution in [3.05, 3.63) is 24.2 Å². The summed E-state index contributed by atoms with van der Waals surface area (Å²) in [6.45, 7) is 4.27. The third kappa shape index (κ3) is 3.94. The van der Waals surface area contributed by atoms with Gasteiger partial charge in [0.25, 0.3) is 0 Å². The average molecular weight is 196 g/mol.